The smallest absolute Gasteiger partial charge is 0.267 e. The lowest BCUT2D eigenvalue weighted by atomic mass is 10.1. The maximum absolute atomic E-state index is 13.7. The topological polar surface area (TPSA) is 104 Å². The fourth-order valence-corrected chi connectivity index (χ4v) is 7.28. The minimum Gasteiger partial charge on any atom is -0.267 e. The van der Waals surface area contributed by atoms with Gasteiger partial charge in [-0.2, -0.15) is 19.6 Å². The van der Waals surface area contributed by atoms with E-state index in [4.69, 9.17) is 10.2 Å². The number of nitrogens with zero attached hydrogens (tertiary/aromatic N) is 4. The van der Waals surface area contributed by atoms with E-state index in [2.05, 4.69) is 0 Å². The molecule has 0 aliphatic carbocycles. The predicted molar refractivity (Wildman–Crippen MR) is 191 cm³/mol. The molecule has 0 amide bonds. The van der Waals surface area contributed by atoms with E-state index in [1.807, 2.05) is 84.9 Å². The zero-order chi connectivity index (χ0) is 33.5. The molecule has 8 rings (SSSR count). The van der Waals surface area contributed by atoms with Crippen LogP contribution >= 0.6 is 0 Å². The Morgan fingerprint density at radius 1 is 0.388 bits per heavy atom. The van der Waals surface area contributed by atoms with Crippen molar-refractivity contribution >= 4 is 31.4 Å². The van der Waals surface area contributed by atoms with Crippen LogP contribution in [0.3, 0.4) is 0 Å². The zero-order valence-corrected chi connectivity index (χ0v) is 26.7. The van der Waals surface area contributed by atoms with E-state index in [1.165, 1.54) is 33.6 Å². The number of hydrogen-bond donors (Lipinski definition) is 0. The summed E-state index contributed by atoms with van der Waals surface area (Å²) in [5, 5.41) is 11.9. The van der Waals surface area contributed by atoms with Crippen molar-refractivity contribution in [1.82, 2.24) is 19.6 Å². The van der Waals surface area contributed by atoms with E-state index in [-0.39, 0.29) is 20.9 Å². The lowest BCUT2D eigenvalue weighted by Gasteiger charge is -2.13. The molecule has 0 N–H and O–H groups in total. The van der Waals surface area contributed by atoms with Gasteiger partial charge in [-0.3, -0.25) is 9.59 Å². The van der Waals surface area contributed by atoms with Gasteiger partial charge in [-0.15, -0.1) is 0 Å². The molecule has 0 unspecified atom stereocenters. The van der Waals surface area contributed by atoms with Crippen LogP contribution in [0.1, 0.15) is 0 Å². The predicted octanol–water partition coefficient (Wildman–Crippen LogP) is 7.25. The normalized spacial score (nSPS) is 11.6. The molecule has 2 heterocycles. The summed E-state index contributed by atoms with van der Waals surface area (Å²) in [5.41, 5.74) is 3.23. The molecule has 0 bridgehead atoms. The third-order valence-corrected chi connectivity index (χ3v) is 10.3. The molecule has 8 aromatic rings. The Morgan fingerprint density at radius 2 is 0.714 bits per heavy atom. The molecule has 9 heteroatoms. The second-order valence-electron chi connectivity index (χ2n) is 11.4. The van der Waals surface area contributed by atoms with Gasteiger partial charge in [0.2, 0.25) is 9.84 Å². The molecule has 0 radical (unpaired) electrons. The molecule has 236 valence electrons. The maximum Gasteiger partial charge on any atom is 0.279 e. The van der Waals surface area contributed by atoms with E-state index in [9.17, 15) is 18.0 Å². The summed E-state index contributed by atoms with van der Waals surface area (Å²) in [6.45, 7) is 0. The SMILES string of the molecule is O=c1c2ccccc2c(-c2ccccc2)nn1-c1ccc(S(=O)(=O)c2ccc(-n3nc(-c4ccccc4)c4ccccc4c3=O)cc2)cc1. The van der Waals surface area contributed by atoms with Crippen molar-refractivity contribution in [1.29, 1.82) is 0 Å². The Kier molecular flexibility index (Phi) is 7.31. The van der Waals surface area contributed by atoms with E-state index in [0.717, 1.165) is 21.9 Å². The van der Waals surface area contributed by atoms with Gasteiger partial charge in [0.05, 0.1) is 43.3 Å². The van der Waals surface area contributed by atoms with Crippen molar-refractivity contribution < 1.29 is 8.42 Å². The van der Waals surface area contributed by atoms with Gasteiger partial charge in [0.15, 0.2) is 0 Å². The molecule has 0 atom stereocenters. The summed E-state index contributed by atoms with van der Waals surface area (Å²) in [6, 6.07) is 45.9. The van der Waals surface area contributed by atoms with Crippen molar-refractivity contribution in [3.8, 4) is 33.9 Å². The first-order valence-electron chi connectivity index (χ1n) is 15.5. The molecule has 0 saturated carbocycles. The average Bonchev–Trinajstić information content (AvgIpc) is 3.16. The quantitative estimate of drug-likeness (QED) is 0.186. The Morgan fingerprint density at radius 3 is 1.08 bits per heavy atom. The van der Waals surface area contributed by atoms with Crippen LogP contribution in [0, 0.1) is 0 Å². The third-order valence-electron chi connectivity index (χ3n) is 8.49. The highest BCUT2D eigenvalue weighted by Crippen LogP contribution is 2.28. The standard InChI is InChI=1S/C40H26N4O4S/c45-39-35-17-9-7-15-33(35)37(27-11-3-1-4-12-27)41-43(39)29-19-23-31(24-20-29)49(47,48)32-25-21-30(22-26-32)44-40(46)36-18-10-8-16-34(36)38(42-44)28-13-5-2-6-14-28/h1-26H. The van der Waals surface area contributed by atoms with Crippen LogP contribution in [0.25, 0.3) is 55.4 Å². The number of benzene rings is 6. The lowest BCUT2D eigenvalue weighted by Crippen LogP contribution is -2.22. The monoisotopic (exact) mass is 658 g/mol. The molecular formula is C40H26N4O4S. The van der Waals surface area contributed by atoms with Gasteiger partial charge in [0, 0.05) is 21.9 Å². The van der Waals surface area contributed by atoms with Crippen LogP contribution in [0.15, 0.2) is 177 Å². The van der Waals surface area contributed by atoms with Gasteiger partial charge < -0.3 is 0 Å². The van der Waals surface area contributed by atoms with Gasteiger partial charge in [-0.1, -0.05) is 97.1 Å². The summed E-state index contributed by atoms with van der Waals surface area (Å²) in [5.74, 6) is 0. The van der Waals surface area contributed by atoms with Crippen LogP contribution < -0.4 is 11.1 Å². The molecule has 0 spiro atoms. The van der Waals surface area contributed by atoms with Crippen LogP contribution in [-0.4, -0.2) is 28.0 Å². The molecule has 8 nitrogen and oxygen atoms in total. The van der Waals surface area contributed by atoms with E-state index < -0.39 is 9.84 Å². The van der Waals surface area contributed by atoms with Gasteiger partial charge in [0.1, 0.15) is 0 Å². The highest BCUT2D eigenvalue weighted by Gasteiger charge is 2.20. The maximum atomic E-state index is 13.7. The molecule has 49 heavy (non-hydrogen) atoms. The van der Waals surface area contributed by atoms with Gasteiger partial charge >= 0.3 is 0 Å². The van der Waals surface area contributed by atoms with E-state index in [0.29, 0.717) is 33.5 Å². The number of fused-ring (bicyclic) bond motifs is 2. The zero-order valence-electron chi connectivity index (χ0n) is 25.8. The molecule has 0 saturated heterocycles. The Hall–Kier alpha value is -6.45. The number of sulfone groups is 1. The first kappa shape index (κ1) is 29.9. The summed E-state index contributed by atoms with van der Waals surface area (Å²) < 4.78 is 30.0. The second-order valence-corrected chi connectivity index (χ2v) is 13.4. The minimum atomic E-state index is -3.94. The van der Waals surface area contributed by atoms with Crippen LogP contribution in [0.2, 0.25) is 0 Å². The Bertz CT molecular complexity index is 2560. The largest absolute Gasteiger partial charge is 0.279 e. The molecule has 2 aromatic heterocycles. The van der Waals surface area contributed by atoms with E-state index >= 15 is 0 Å². The first-order chi connectivity index (χ1) is 23.9. The van der Waals surface area contributed by atoms with Crippen LogP contribution in [0.5, 0.6) is 0 Å². The highest BCUT2D eigenvalue weighted by atomic mass is 32.2. The number of rotatable bonds is 6. The van der Waals surface area contributed by atoms with Crippen molar-refractivity contribution in [3.63, 3.8) is 0 Å². The lowest BCUT2D eigenvalue weighted by molar-refractivity contribution is 0.596. The molecule has 0 fully saturated rings. The molecule has 0 aliphatic heterocycles. The third kappa shape index (κ3) is 5.22. The first-order valence-corrected chi connectivity index (χ1v) is 17.0. The van der Waals surface area contributed by atoms with Crippen molar-refractivity contribution in [2.24, 2.45) is 0 Å². The summed E-state index contributed by atoms with van der Waals surface area (Å²) >= 11 is 0. The second kappa shape index (κ2) is 12.0. The highest BCUT2D eigenvalue weighted by molar-refractivity contribution is 7.91. The number of aromatic nitrogens is 4. The summed E-state index contributed by atoms with van der Waals surface area (Å²) in [6.07, 6.45) is 0. The summed E-state index contributed by atoms with van der Waals surface area (Å²) in [7, 11) is -3.94. The molecule has 6 aromatic carbocycles. The fraction of sp³-hybridized carbons (Fsp3) is 0. The summed E-state index contributed by atoms with van der Waals surface area (Å²) in [4.78, 5) is 27.1. The van der Waals surface area contributed by atoms with Crippen molar-refractivity contribution in [2.45, 2.75) is 9.79 Å². The fourth-order valence-electron chi connectivity index (χ4n) is 6.02. The molecular weight excluding hydrogens is 633 g/mol. The van der Waals surface area contributed by atoms with Crippen molar-refractivity contribution in [2.75, 3.05) is 0 Å². The number of hydrogen-bond acceptors (Lipinski definition) is 6. The Balaban J connectivity index is 1.15. The van der Waals surface area contributed by atoms with Gasteiger partial charge in [-0.05, 0) is 60.7 Å². The van der Waals surface area contributed by atoms with Crippen LogP contribution in [-0.2, 0) is 9.84 Å². The average molecular weight is 659 g/mol. The molecule has 0 aliphatic rings. The van der Waals surface area contributed by atoms with Crippen LogP contribution in [0.4, 0.5) is 0 Å². The Labute approximate surface area is 280 Å². The van der Waals surface area contributed by atoms with E-state index in [1.54, 1.807) is 48.5 Å². The van der Waals surface area contributed by atoms with Gasteiger partial charge in [-0.25, -0.2) is 8.42 Å². The van der Waals surface area contributed by atoms with Crippen molar-refractivity contribution in [3.05, 3.63) is 178 Å². The minimum absolute atomic E-state index is 0.0495. The van der Waals surface area contributed by atoms with Gasteiger partial charge in [0.25, 0.3) is 11.1 Å².